The van der Waals surface area contributed by atoms with Crippen molar-refractivity contribution in [1.82, 2.24) is 5.32 Å². The van der Waals surface area contributed by atoms with Crippen molar-refractivity contribution in [2.45, 2.75) is 13.0 Å². The van der Waals surface area contributed by atoms with Crippen molar-refractivity contribution in [3.8, 4) is 0 Å². The third-order valence-electron chi connectivity index (χ3n) is 2.52. The average Bonchev–Trinajstić information content (AvgIpc) is 2.26. The van der Waals surface area contributed by atoms with Crippen molar-refractivity contribution in [1.29, 1.82) is 0 Å². The van der Waals surface area contributed by atoms with Gasteiger partial charge in [-0.05, 0) is 29.7 Å². The number of nitrogens with one attached hydrogen (secondary N) is 1. The Bertz CT molecular complexity index is 344. The first-order valence-electron chi connectivity index (χ1n) is 4.95. The van der Waals surface area contributed by atoms with Crippen LogP contribution in [0.3, 0.4) is 0 Å². The third kappa shape index (κ3) is 2.17. The smallest absolute Gasteiger partial charge is 0.0407 e. The standard InChI is InChI=1S/C12H14ClN/c13-6-1-2-10-3-4-12-9-14-7-5-11(12)8-10/h1-4,8,14H,5-7,9H2. The highest BCUT2D eigenvalue weighted by atomic mass is 35.5. The molecule has 1 aromatic carbocycles. The van der Waals surface area contributed by atoms with Gasteiger partial charge in [-0.15, -0.1) is 11.6 Å². The number of hydrogen-bond donors (Lipinski definition) is 1. The SMILES string of the molecule is ClCC=Cc1ccc2c(c1)CCNC2. The molecule has 0 saturated heterocycles. The zero-order chi connectivity index (χ0) is 9.80. The van der Waals surface area contributed by atoms with Gasteiger partial charge in [0.2, 0.25) is 0 Å². The molecule has 0 spiro atoms. The summed E-state index contributed by atoms with van der Waals surface area (Å²) in [6, 6.07) is 6.61. The summed E-state index contributed by atoms with van der Waals surface area (Å²) in [7, 11) is 0. The van der Waals surface area contributed by atoms with Gasteiger partial charge in [0.05, 0.1) is 0 Å². The Hall–Kier alpha value is -0.790. The fraction of sp³-hybridized carbons (Fsp3) is 0.333. The summed E-state index contributed by atoms with van der Waals surface area (Å²) in [4.78, 5) is 0. The summed E-state index contributed by atoms with van der Waals surface area (Å²) >= 11 is 5.60. The van der Waals surface area contributed by atoms with E-state index in [9.17, 15) is 0 Å². The van der Waals surface area contributed by atoms with E-state index in [1.807, 2.05) is 6.08 Å². The van der Waals surface area contributed by atoms with Crippen LogP contribution in [-0.2, 0) is 13.0 Å². The fourth-order valence-electron chi connectivity index (χ4n) is 1.78. The molecular formula is C12H14ClN. The van der Waals surface area contributed by atoms with E-state index in [1.54, 1.807) is 0 Å². The largest absolute Gasteiger partial charge is 0.312 e. The molecule has 2 heteroatoms. The van der Waals surface area contributed by atoms with Crippen LogP contribution < -0.4 is 5.32 Å². The van der Waals surface area contributed by atoms with Crippen LogP contribution in [-0.4, -0.2) is 12.4 Å². The maximum Gasteiger partial charge on any atom is 0.0407 e. The number of alkyl halides is 1. The van der Waals surface area contributed by atoms with Gasteiger partial charge in [-0.25, -0.2) is 0 Å². The van der Waals surface area contributed by atoms with E-state index in [0.29, 0.717) is 5.88 Å². The van der Waals surface area contributed by atoms with Gasteiger partial charge in [0.1, 0.15) is 0 Å². The minimum Gasteiger partial charge on any atom is -0.312 e. The summed E-state index contributed by atoms with van der Waals surface area (Å²) in [5.74, 6) is 0.582. The van der Waals surface area contributed by atoms with Crippen LogP contribution in [0.5, 0.6) is 0 Å². The van der Waals surface area contributed by atoms with Gasteiger partial charge >= 0.3 is 0 Å². The summed E-state index contributed by atoms with van der Waals surface area (Å²) in [5, 5.41) is 3.36. The van der Waals surface area contributed by atoms with E-state index in [2.05, 4.69) is 29.6 Å². The molecule has 0 aromatic heterocycles. The summed E-state index contributed by atoms with van der Waals surface area (Å²) < 4.78 is 0. The molecule has 1 aliphatic rings. The van der Waals surface area contributed by atoms with E-state index in [1.165, 1.54) is 16.7 Å². The van der Waals surface area contributed by atoms with Crippen LogP contribution in [0.2, 0.25) is 0 Å². The van der Waals surface area contributed by atoms with E-state index >= 15 is 0 Å². The molecule has 0 aliphatic carbocycles. The van der Waals surface area contributed by atoms with E-state index in [0.717, 1.165) is 19.5 Å². The highest BCUT2D eigenvalue weighted by molar-refractivity contribution is 6.19. The van der Waals surface area contributed by atoms with E-state index in [-0.39, 0.29) is 0 Å². The highest BCUT2D eigenvalue weighted by Gasteiger charge is 2.07. The monoisotopic (exact) mass is 207 g/mol. The predicted octanol–water partition coefficient (Wildman–Crippen LogP) is 2.58. The first kappa shape index (κ1) is 9.75. The van der Waals surface area contributed by atoms with Crippen LogP contribution in [0.1, 0.15) is 16.7 Å². The van der Waals surface area contributed by atoms with Gasteiger partial charge in [-0.1, -0.05) is 30.4 Å². The van der Waals surface area contributed by atoms with Crippen molar-refractivity contribution in [2.75, 3.05) is 12.4 Å². The number of rotatable bonds is 2. The van der Waals surface area contributed by atoms with Gasteiger partial charge in [-0.3, -0.25) is 0 Å². The molecule has 2 rings (SSSR count). The van der Waals surface area contributed by atoms with Crippen LogP contribution >= 0.6 is 11.6 Å². The quantitative estimate of drug-likeness (QED) is 0.736. The first-order valence-corrected chi connectivity index (χ1v) is 5.48. The third-order valence-corrected chi connectivity index (χ3v) is 2.69. The van der Waals surface area contributed by atoms with Gasteiger partial charge in [0.15, 0.2) is 0 Å². The van der Waals surface area contributed by atoms with Gasteiger partial charge in [0.25, 0.3) is 0 Å². The number of hydrogen-bond acceptors (Lipinski definition) is 1. The molecule has 1 aromatic rings. The van der Waals surface area contributed by atoms with E-state index < -0.39 is 0 Å². The van der Waals surface area contributed by atoms with Crippen LogP contribution in [0.4, 0.5) is 0 Å². The van der Waals surface area contributed by atoms with Crippen molar-refractivity contribution >= 4 is 17.7 Å². The molecule has 0 unspecified atom stereocenters. The normalized spacial score (nSPS) is 15.8. The Labute approximate surface area is 89.8 Å². The predicted molar refractivity (Wildman–Crippen MR) is 61.6 cm³/mol. The topological polar surface area (TPSA) is 12.0 Å². The second kappa shape index (κ2) is 4.63. The molecule has 1 nitrogen and oxygen atoms in total. The Balaban J connectivity index is 2.24. The molecule has 14 heavy (non-hydrogen) atoms. The average molecular weight is 208 g/mol. The van der Waals surface area contributed by atoms with Crippen molar-refractivity contribution in [3.63, 3.8) is 0 Å². The molecule has 0 atom stereocenters. The van der Waals surface area contributed by atoms with Crippen LogP contribution in [0.25, 0.3) is 6.08 Å². The zero-order valence-electron chi connectivity index (χ0n) is 8.09. The Morgan fingerprint density at radius 2 is 2.29 bits per heavy atom. The van der Waals surface area contributed by atoms with Gasteiger partial charge in [0, 0.05) is 12.4 Å². The molecule has 1 heterocycles. The van der Waals surface area contributed by atoms with Crippen LogP contribution in [0.15, 0.2) is 24.3 Å². The van der Waals surface area contributed by atoms with Crippen molar-refractivity contribution in [2.24, 2.45) is 0 Å². The molecule has 0 amide bonds. The molecule has 0 saturated carbocycles. The van der Waals surface area contributed by atoms with Crippen molar-refractivity contribution in [3.05, 3.63) is 41.0 Å². The zero-order valence-corrected chi connectivity index (χ0v) is 8.85. The lowest BCUT2D eigenvalue weighted by atomic mass is 9.98. The van der Waals surface area contributed by atoms with E-state index in [4.69, 9.17) is 11.6 Å². The highest BCUT2D eigenvalue weighted by Crippen LogP contribution is 2.16. The molecule has 74 valence electrons. The number of halogens is 1. The van der Waals surface area contributed by atoms with Gasteiger partial charge < -0.3 is 5.32 Å². The number of fused-ring (bicyclic) bond motifs is 1. The first-order chi connectivity index (χ1) is 6.90. The lowest BCUT2D eigenvalue weighted by molar-refractivity contribution is 0.643. The van der Waals surface area contributed by atoms with Gasteiger partial charge in [-0.2, -0.15) is 0 Å². The van der Waals surface area contributed by atoms with Crippen LogP contribution in [0, 0.1) is 0 Å². The molecule has 0 bridgehead atoms. The fourth-order valence-corrected chi connectivity index (χ4v) is 1.87. The Morgan fingerprint density at radius 1 is 1.36 bits per heavy atom. The Kier molecular flexibility index (Phi) is 3.22. The summed E-state index contributed by atoms with van der Waals surface area (Å²) in [5.41, 5.74) is 4.16. The minimum absolute atomic E-state index is 0.582. The lowest BCUT2D eigenvalue weighted by Crippen LogP contribution is -2.23. The second-order valence-electron chi connectivity index (χ2n) is 3.51. The Morgan fingerprint density at radius 3 is 3.14 bits per heavy atom. The molecule has 0 radical (unpaired) electrons. The summed E-state index contributed by atoms with van der Waals surface area (Å²) in [6.45, 7) is 2.10. The minimum atomic E-state index is 0.582. The maximum absolute atomic E-state index is 5.60. The molecule has 1 N–H and O–H groups in total. The number of benzene rings is 1. The second-order valence-corrected chi connectivity index (χ2v) is 3.82. The molecule has 1 aliphatic heterocycles. The number of allylic oxidation sites excluding steroid dienone is 1. The lowest BCUT2D eigenvalue weighted by Gasteiger charge is -2.17. The molecule has 0 fully saturated rings. The summed E-state index contributed by atoms with van der Waals surface area (Å²) in [6.07, 6.45) is 5.19. The molecular weight excluding hydrogens is 194 g/mol. The van der Waals surface area contributed by atoms with Crippen molar-refractivity contribution < 1.29 is 0 Å². The maximum atomic E-state index is 5.60.